The van der Waals surface area contributed by atoms with Gasteiger partial charge in [0.25, 0.3) is 0 Å². The van der Waals surface area contributed by atoms with E-state index < -0.39 is 22.0 Å². The topological polar surface area (TPSA) is 91.8 Å². The zero-order valence-electron chi connectivity index (χ0n) is 11.5. The second kappa shape index (κ2) is 6.15. The van der Waals surface area contributed by atoms with Crippen molar-refractivity contribution in [1.29, 1.82) is 0 Å². The summed E-state index contributed by atoms with van der Waals surface area (Å²) in [7, 11) is -2.73. The smallest absolute Gasteiger partial charge is 0.321 e. The summed E-state index contributed by atoms with van der Waals surface area (Å²) in [5.74, 6) is -1.46. The van der Waals surface area contributed by atoms with E-state index in [4.69, 9.17) is 5.11 Å². The zero-order valence-corrected chi connectivity index (χ0v) is 12.3. The summed E-state index contributed by atoms with van der Waals surface area (Å²) >= 11 is 0. The Balaban J connectivity index is 3.26. The van der Waals surface area contributed by atoms with Gasteiger partial charge < -0.3 is 5.11 Å². The van der Waals surface area contributed by atoms with Gasteiger partial charge in [0.2, 0.25) is 10.0 Å². The Morgan fingerprint density at radius 1 is 1.35 bits per heavy atom. The second-order valence-corrected chi connectivity index (χ2v) is 6.37. The Morgan fingerprint density at radius 2 is 1.95 bits per heavy atom. The normalized spacial score (nSPS) is 13.2. The van der Waals surface area contributed by atoms with Gasteiger partial charge in [-0.1, -0.05) is 19.1 Å². The Hall–Kier alpha value is -1.73. The molecule has 0 aromatic heterocycles. The third-order valence-corrected chi connectivity index (χ3v) is 4.89. The third kappa shape index (κ3) is 3.23. The van der Waals surface area contributed by atoms with E-state index in [2.05, 4.69) is 0 Å². The molecule has 0 aliphatic carbocycles. The number of hydrogen-bond donors (Lipinski definition) is 1. The van der Waals surface area contributed by atoms with Crippen LogP contribution < -0.4 is 0 Å². The number of rotatable bonds is 6. The van der Waals surface area contributed by atoms with Gasteiger partial charge in [0.15, 0.2) is 5.78 Å². The van der Waals surface area contributed by atoms with Crippen molar-refractivity contribution in [2.75, 3.05) is 7.05 Å². The van der Waals surface area contributed by atoms with Crippen LogP contribution in [0.2, 0.25) is 0 Å². The number of nitrogens with zero attached hydrogens (tertiary/aromatic N) is 1. The molecular formula is C13H17NO5S. The highest BCUT2D eigenvalue weighted by atomic mass is 32.2. The van der Waals surface area contributed by atoms with Crippen molar-refractivity contribution in [3.05, 3.63) is 29.8 Å². The number of sulfonamides is 1. The van der Waals surface area contributed by atoms with Crippen molar-refractivity contribution in [2.24, 2.45) is 0 Å². The molecule has 0 fully saturated rings. The van der Waals surface area contributed by atoms with Crippen LogP contribution in [-0.2, 0) is 14.8 Å². The molecular weight excluding hydrogens is 282 g/mol. The van der Waals surface area contributed by atoms with Gasteiger partial charge in [-0.15, -0.1) is 0 Å². The van der Waals surface area contributed by atoms with E-state index in [-0.39, 0.29) is 22.7 Å². The first kappa shape index (κ1) is 16.3. The van der Waals surface area contributed by atoms with E-state index in [1.165, 1.54) is 38.2 Å². The molecule has 1 unspecified atom stereocenters. The largest absolute Gasteiger partial charge is 0.480 e. The lowest BCUT2D eigenvalue weighted by Gasteiger charge is -2.23. The van der Waals surface area contributed by atoms with Crippen molar-refractivity contribution in [3.63, 3.8) is 0 Å². The van der Waals surface area contributed by atoms with Gasteiger partial charge >= 0.3 is 5.97 Å². The number of benzene rings is 1. The SMILES string of the molecule is CCC(C(=O)O)N(C)S(=O)(=O)c1cccc(C(C)=O)c1. The number of ketones is 1. The molecule has 1 aromatic carbocycles. The average Bonchev–Trinajstić information content (AvgIpc) is 2.39. The number of carboxylic acids is 1. The zero-order chi connectivity index (χ0) is 15.5. The summed E-state index contributed by atoms with van der Waals surface area (Å²) in [6, 6.07) is 4.42. The second-order valence-electron chi connectivity index (χ2n) is 4.37. The highest BCUT2D eigenvalue weighted by molar-refractivity contribution is 7.89. The molecule has 0 amide bonds. The van der Waals surface area contributed by atoms with Crippen LogP contribution in [0.3, 0.4) is 0 Å². The molecule has 0 bridgehead atoms. The summed E-state index contributed by atoms with van der Waals surface area (Å²) in [6.07, 6.45) is 0.150. The van der Waals surface area contributed by atoms with Crippen LogP contribution in [0.25, 0.3) is 0 Å². The van der Waals surface area contributed by atoms with Crippen LogP contribution >= 0.6 is 0 Å². The van der Waals surface area contributed by atoms with E-state index >= 15 is 0 Å². The molecule has 110 valence electrons. The van der Waals surface area contributed by atoms with Gasteiger partial charge in [0.05, 0.1) is 4.90 Å². The van der Waals surface area contributed by atoms with Crippen molar-refractivity contribution in [1.82, 2.24) is 4.31 Å². The molecule has 0 heterocycles. The van der Waals surface area contributed by atoms with E-state index in [1.54, 1.807) is 6.92 Å². The predicted octanol–water partition coefficient (Wildman–Crippen LogP) is 1.37. The molecule has 20 heavy (non-hydrogen) atoms. The molecule has 1 aromatic rings. The minimum Gasteiger partial charge on any atom is -0.480 e. The predicted molar refractivity (Wildman–Crippen MR) is 73.1 cm³/mol. The highest BCUT2D eigenvalue weighted by Gasteiger charge is 2.31. The monoisotopic (exact) mass is 299 g/mol. The van der Waals surface area contributed by atoms with Crippen LogP contribution in [0.1, 0.15) is 30.6 Å². The standard InChI is InChI=1S/C13H17NO5S/c1-4-12(13(16)17)14(3)20(18,19)11-7-5-6-10(8-11)9(2)15/h5-8,12H,4H2,1-3H3,(H,16,17). The Morgan fingerprint density at radius 3 is 2.40 bits per heavy atom. The number of aliphatic carboxylic acids is 1. The van der Waals surface area contributed by atoms with Crippen molar-refractivity contribution in [3.8, 4) is 0 Å². The summed E-state index contributed by atoms with van der Waals surface area (Å²) in [6.45, 7) is 2.93. The molecule has 1 N–H and O–H groups in total. The van der Waals surface area contributed by atoms with Gasteiger partial charge in [0, 0.05) is 12.6 Å². The number of likely N-dealkylation sites (N-methyl/N-ethyl adjacent to an activating group) is 1. The Kier molecular flexibility index (Phi) is 5.02. The lowest BCUT2D eigenvalue weighted by molar-refractivity contribution is -0.141. The minimum absolute atomic E-state index is 0.0904. The van der Waals surface area contributed by atoms with Crippen LogP contribution in [0.4, 0.5) is 0 Å². The van der Waals surface area contributed by atoms with E-state index in [0.717, 1.165) is 4.31 Å². The minimum atomic E-state index is -3.95. The van der Waals surface area contributed by atoms with E-state index in [1.807, 2.05) is 0 Å². The Bertz CT molecular complexity index is 623. The lowest BCUT2D eigenvalue weighted by atomic mass is 10.2. The van der Waals surface area contributed by atoms with E-state index in [0.29, 0.717) is 0 Å². The van der Waals surface area contributed by atoms with E-state index in [9.17, 15) is 18.0 Å². The summed E-state index contributed by atoms with van der Waals surface area (Å²) < 4.78 is 25.5. The fraction of sp³-hybridized carbons (Fsp3) is 0.385. The first-order chi connectivity index (χ1) is 9.21. The highest BCUT2D eigenvalue weighted by Crippen LogP contribution is 2.19. The van der Waals surface area contributed by atoms with Crippen LogP contribution in [0.5, 0.6) is 0 Å². The molecule has 7 heteroatoms. The fourth-order valence-electron chi connectivity index (χ4n) is 1.80. The average molecular weight is 299 g/mol. The first-order valence-corrected chi connectivity index (χ1v) is 7.47. The number of carbonyl (C=O) groups is 2. The summed E-state index contributed by atoms with van der Waals surface area (Å²) in [5.41, 5.74) is 0.267. The first-order valence-electron chi connectivity index (χ1n) is 6.03. The summed E-state index contributed by atoms with van der Waals surface area (Å²) in [5, 5.41) is 9.04. The number of carbonyl (C=O) groups excluding carboxylic acids is 1. The van der Waals surface area contributed by atoms with Crippen LogP contribution in [0.15, 0.2) is 29.2 Å². The maximum absolute atomic E-state index is 12.4. The number of carboxylic acid groups (broad SMARTS) is 1. The maximum atomic E-state index is 12.4. The quantitative estimate of drug-likeness (QED) is 0.801. The van der Waals surface area contributed by atoms with Crippen molar-refractivity contribution < 1.29 is 23.1 Å². The number of hydrogen-bond acceptors (Lipinski definition) is 4. The molecule has 1 rings (SSSR count). The van der Waals surface area contributed by atoms with Crippen LogP contribution in [0, 0.1) is 0 Å². The molecule has 0 saturated heterocycles. The molecule has 0 aliphatic heterocycles. The molecule has 6 nitrogen and oxygen atoms in total. The molecule has 0 saturated carbocycles. The van der Waals surface area contributed by atoms with Gasteiger partial charge in [-0.3, -0.25) is 9.59 Å². The molecule has 0 spiro atoms. The van der Waals surface area contributed by atoms with Gasteiger partial charge in [-0.2, -0.15) is 4.31 Å². The maximum Gasteiger partial charge on any atom is 0.321 e. The number of Topliss-reactive ketones (excluding diaryl/α,β-unsaturated/α-hetero) is 1. The fourth-order valence-corrected chi connectivity index (χ4v) is 3.23. The summed E-state index contributed by atoms with van der Waals surface area (Å²) in [4.78, 5) is 22.3. The third-order valence-electron chi connectivity index (χ3n) is 3.03. The molecule has 0 aliphatic rings. The van der Waals surface area contributed by atoms with Crippen molar-refractivity contribution >= 4 is 21.8 Å². The van der Waals surface area contributed by atoms with Crippen LogP contribution in [-0.4, -0.2) is 42.7 Å². The van der Waals surface area contributed by atoms with Gasteiger partial charge in [-0.05, 0) is 25.5 Å². The van der Waals surface area contributed by atoms with Gasteiger partial charge in [0.1, 0.15) is 6.04 Å². The van der Waals surface area contributed by atoms with Crippen molar-refractivity contribution in [2.45, 2.75) is 31.2 Å². The lowest BCUT2D eigenvalue weighted by Crippen LogP contribution is -2.41. The van der Waals surface area contributed by atoms with Gasteiger partial charge in [-0.25, -0.2) is 8.42 Å². The Labute approximate surface area is 118 Å². The molecule has 0 radical (unpaired) electrons. The molecule has 1 atom stereocenters.